The van der Waals surface area contributed by atoms with Crippen LogP contribution >= 0.6 is 21.6 Å². The van der Waals surface area contributed by atoms with Gasteiger partial charge in [0.1, 0.15) is 12.1 Å². The SMILES string of the molecule is Nc1ccc(S(=O)(=O)c2ccc(NCN[C@@H](CSSC[C@H](NCNc3ccc(S(=O)(=O)c4ccc(N)cc4)cc3)C(=O)O)C(=O)O)cc2)cc1. The van der Waals surface area contributed by atoms with Crippen molar-refractivity contribution >= 4 is 76.0 Å². The third-order valence-electron chi connectivity index (χ3n) is 7.14. The van der Waals surface area contributed by atoms with E-state index in [1.807, 2.05) is 0 Å². The Morgan fingerprint density at radius 2 is 0.820 bits per heavy atom. The first-order valence-corrected chi connectivity index (χ1v) is 20.3. The molecule has 4 rings (SSSR count). The molecule has 266 valence electrons. The number of nitrogen functional groups attached to an aromatic ring is 2. The molecule has 0 spiro atoms. The Hall–Kier alpha value is -4.46. The molecule has 0 radical (unpaired) electrons. The molecule has 0 aliphatic heterocycles. The highest BCUT2D eigenvalue weighted by Crippen LogP contribution is 2.25. The summed E-state index contributed by atoms with van der Waals surface area (Å²) >= 11 is 0. The van der Waals surface area contributed by atoms with Gasteiger partial charge >= 0.3 is 11.9 Å². The number of anilines is 4. The van der Waals surface area contributed by atoms with Crippen LogP contribution in [0.2, 0.25) is 0 Å². The van der Waals surface area contributed by atoms with Crippen molar-refractivity contribution in [2.45, 2.75) is 31.7 Å². The molecule has 10 N–H and O–H groups in total. The molecule has 0 aromatic heterocycles. The van der Waals surface area contributed by atoms with E-state index in [1.165, 1.54) is 94.4 Å². The van der Waals surface area contributed by atoms with Gasteiger partial charge < -0.3 is 32.3 Å². The highest BCUT2D eigenvalue weighted by molar-refractivity contribution is 8.76. The van der Waals surface area contributed by atoms with Crippen LogP contribution in [0.3, 0.4) is 0 Å². The second-order valence-corrected chi connectivity index (χ2v) is 17.1. The van der Waals surface area contributed by atoms with Crippen LogP contribution in [0, 0.1) is 0 Å². The van der Waals surface area contributed by atoms with Gasteiger partial charge in [-0.25, -0.2) is 16.8 Å². The fraction of sp³-hybridized carbons (Fsp3) is 0.188. The van der Waals surface area contributed by atoms with Crippen molar-refractivity contribution in [3.63, 3.8) is 0 Å². The van der Waals surface area contributed by atoms with E-state index in [2.05, 4.69) is 21.3 Å². The van der Waals surface area contributed by atoms with E-state index in [1.54, 1.807) is 24.3 Å². The average Bonchev–Trinajstić information content (AvgIpc) is 3.09. The molecule has 0 saturated carbocycles. The number of benzene rings is 4. The molecule has 14 nitrogen and oxygen atoms in total. The summed E-state index contributed by atoms with van der Waals surface area (Å²) < 4.78 is 51.3. The van der Waals surface area contributed by atoms with Crippen molar-refractivity contribution in [1.82, 2.24) is 10.6 Å². The summed E-state index contributed by atoms with van der Waals surface area (Å²) in [6.45, 7) is 0.150. The van der Waals surface area contributed by atoms with Gasteiger partial charge in [-0.15, -0.1) is 0 Å². The van der Waals surface area contributed by atoms with Crippen LogP contribution in [-0.2, 0) is 29.3 Å². The molecule has 0 saturated heterocycles. The summed E-state index contributed by atoms with van der Waals surface area (Å²) in [6.07, 6.45) is 0. The topological polar surface area (TPSA) is 243 Å². The molecule has 2 atom stereocenters. The third kappa shape index (κ3) is 10.5. The zero-order valence-corrected chi connectivity index (χ0v) is 29.6. The van der Waals surface area contributed by atoms with Gasteiger partial charge in [-0.05, 0) is 97.1 Å². The lowest BCUT2D eigenvalue weighted by Crippen LogP contribution is -2.42. The van der Waals surface area contributed by atoms with E-state index in [4.69, 9.17) is 11.5 Å². The highest BCUT2D eigenvalue weighted by Gasteiger charge is 2.21. The Bertz CT molecular complexity index is 1820. The Kier molecular flexibility index (Phi) is 13.4. The molecular formula is C32H36N6O8S4. The summed E-state index contributed by atoms with van der Waals surface area (Å²) in [7, 11) is -5.04. The largest absolute Gasteiger partial charge is 0.480 e. The molecule has 0 aliphatic carbocycles. The smallest absolute Gasteiger partial charge is 0.321 e. The molecule has 0 unspecified atom stereocenters. The van der Waals surface area contributed by atoms with Crippen LogP contribution < -0.4 is 32.7 Å². The van der Waals surface area contributed by atoms with Gasteiger partial charge in [0.05, 0.1) is 32.9 Å². The number of rotatable bonds is 19. The minimum absolute atomic E-state index is 0.0749. The molecule has 0 fully saturated rings. The maximum absolute atomic E-state index is 12.8. The maximum Gasteiger partial charge on any atom is 0.321 e. The fourth-order valence-electron chi connectivity index (χ4n) is 4.29. The van der Waals surface area contributed by atoms with Crippen LogP contribution in [0.15, 0.2) is 117 Å². The Morgan fingerprint density at radius 3 is 1.10 bits per heavy atom. The van der Waals surface area contributed by atoms with Crippen LogP contribution in [-0.4, -0.2) is 75.9 Å². The number of hydrogen-bond donors (Lipinski definition) is 8. The minimum Gasteiger partial charge on any atom is -0.480 e. The molecule has 0 amide bonds. The molecule has 0 bridgehead atoms. The quantitative estimate of drug-likeness (QED) is 0.0295. The van der Waals surface area contributed by atoms with Gasteiger partial charge in [0.2, 0.25) is 19.7 Å². The molecule has 4 aromatic carbocycles. The Balaban J connectivity index is 1.18. The van der Waals surface area contributed by atoms with Crippen LogP contribution in [0.4, 0.5) is 22.7 Å². The summed E-state index contributed by atoms with van der Waals surface area (Å²) in [5.74, 6) is -1.91. The maximum atomic E-state index is 12.8. The predicted molar refractivity (Wildman–Crippen MR) is 197 cm³/mol. The van der Waals surface area contributed by atoms with Crippen LogP contribution in [0.25, 0.3) is 0 Å². The third-order valence-corrected chi connectivity index (χ3v) is 13.1. The first-order valence-electron chi connectivity index (χ1n) is 14.8. The number of aliphatic carboxylic acids is 2. The van der Waals surface area contributed by atoms with E-state index in [0.717, 1.165) is 0 Å². The lowest BCUT2D eigenvalue weighted by Gasteiger charge is -2.17. The van der Waals surface area contributed by atoms with E-state index in [9.17, 15) is 36.6 Å². The van der Waals surface area contributed by atoms with Gasteiger partial charge in [-0.1, -0.05) is 21.6 Å². The number of nitrogens with two attached hydrogens (primary N) is 2. The summed E-state index contributed by atoms with van der Waals surface area (Å²) in [5.41, 5.74) is 13.3. The first-order chi connectivity index (χ1) is 23.8. The number of sulfone groups is 2. The summed E-state index contributed by atoms with van der Waals surface area (Å²) in [5, 5.41) is 31.0. The van der Waals surface area contributed by atoms with Crippen molar-refractivity contribution < 1.29 is 36.6 Å². The van der Waals surface area contributed by atoms with Crippen molar-refractivity contribution in [2.24, 2.45) is 0 Å². The predicted octanol–water partition coefficient (Wildman–Crippen LogP) is 3.42. The number of carbonyl (C=O) groups is 2. The lowest BCUT2D eigenvalue weighted by molar-refractivity contribution is -0.139. The summed E-state index contributed by atoms with van der Waals surface area (Å²) in [6, 6.07) is 22.0. The van der Waals surface area contributed by atoms with Crippen molar-refractivity contribution in [1.29, 1.82) is 0 Å². The molecule has 0 heterocycles. The normalized spacial score (nSPS) is 12.9. The molecular weight excluding hydrogens is 725 g/mol. The zero-order valence-electron chi connectivity index (χ0n) is 26.4. The van der Waals surface area contributed by atoms with Crippen molar-refractivity contribution in [3.8, 4) is 0 Å². The van der Waals surface area contributed by atoms with Gasteiger partial charge in [0, 0.05) is 34.3 Å². The number of nitrogens with one attached hydrogen (secondary N) is 4. The molecule has 4 aromatic rings. The minimum atomic E-state index is -3.72. The summed E-state index contributed by atoms with van der Waals surface area (Å²) in [4.78, 5) is 24.0. The standard InChI is InChI=1S/C32H36N6O8S4/c33-21-1-9-25(10-2-21)49(43,44)27-13-5-23(6-14-27)35-19-37-29(31(39)40)17-47-48-18-30(32(41)42)38-20-36-24-7-15-28(16-8-24)50(45,46)26-11-3-22(34)4-12-26/h1-16,29-30,35-38H,17-20,33-34H2,(H,39,40)(H,41,42)/t29-,30-/m0/s1. The van der Waals surface area contributed by atoms with E-state index in [0.29, 0.717) is 22.7 Å². The number of carboxylic acid groups (broad SMARTS) is 2. The van der Waals surface area contributed by atoms with E-state index in [-0.39, 0.29) is 44.4 Å². The van der Waals surface area contributed by atoms with Crippen molar-refractivity contribution in [3.05, 3.63) is 97.1 Å². The molecule has 0 aliphatic rings. The zero-order chi connectivity index (χ0) is 36.3. The van der Waals surface area contributed by atoms with Gasteiger partial charge in [-0.3, -0.25) is 20.2 Å². The highest BCUT2D eigenvalue weighted by atomic mass is 33.1. The fourth-order valence-corrected chi connectivity index (χ4v) is 9.19. The Morgan fingerprint density at radius 1 is 0.540 bits per heavy atom. The van der Waals surface area contributed by atoms with Gasteiger partial charge in [0.25, 0.3) is 0 Å². The molecule has 18 heteroatoms. The van der Waals surface area contributed by atoms with Crippen LogP contribution in [0.5, 0.6) is 0 Å². The van der Waals surface area contributed by atoms with Gasteiger partial charge in [0.15, 0.2) is 0 Å². The number of carboxylic acids is 2. The van der Waals surface area contributed by atoms with E-state index < -0.39 is 43.7 Å². The monoisotopic (exact) mass is 760 g/mol. The van der Waals surface area contributed by atoms with Crippen molar-refractivity contribution in [2.75, 3.05) is 46.9 Å². The second kappa shape index (κ2) is 17.5. The van der Waals surface area contributed by atoms with E-state index >= 15 is 0 Å². The average molecular weight is 761 g/mol. The second-order valence-electron chi connectivity index (χ2n) is 10.7. The first kappa shape index (κ1) is 38.3. The lowest BCUT2D eigenvalue weighted by atomic mass is 10.3. The molecule has 50 heavy (non-hydrogen) atoms. The Labute approximate surface area is 297 Å². The number of hydrogen-bond acceptors (Lipinski definition) is 14. The van der Waals surface area contributed by atoms with Gasteiger partial charge in [-0.2, -0.15) is 0 Å². The van der Waals surface area contributed by atoms with Crippen LogP contribution in [0.1, 0.15) is 0 Å².